The van der Waals surface area contributed by atoms with E-state index in [1.807, 2.05) is 17.9 Å². The molecule has 9 nitrogen and oxygen atoms in total. The molecular weight excluding hydrogens is 518 g/mol. The normalized spacial score (nSPS) is 18.7. The van der Waals surface area contributed by atoms with Crippen LogP contribution in [0, 0.1) is 0 Å². The van der Waals surface area contributed by atoms with Crippen molar-refractivity contribution in [2.75, 3.05) is 40.3 Å². The number of carbonyl (C=O) groups is 3. The fourth-order valence-corrected chi connectivity index (χ4v) is 4.78. The van der Waals surface area contributed by atoms with Gasteiger partial charge in [-0.15, -0.1) is 0 Å². The van der Waals surface area contributed by atoms with Gasteiger partial charge in [-0.05, 0) is 69.7 Å². The van der Waals surface area contributed by atoms with Gasteiger partial charge in [-0.2, -0.15) is 5.10 Å². The average Bonchev–Trinajstić information content (AvgIpc) is 3.37. The summed E-state index contributed by atoms with van der Waals surface area (Å²) in [5.74, 6) is 0.156. The molecule has 1 aliphatic heterocycles. The molecule has 39 heavy (non-hydrogen) atoms. The summed E-state index contributed by atoms with van der Waals surface area (Å²) < 4.78 is 7.78. The maximum Gasteiger partial charge on any atom is 0.272 e. The third-order valence-corrected chi connectivity index (χ3v) is 7.49. The Kier molecular flexibility index (Phi) is 10.8. The summed E-state index contributed by atoms with van der Waals surface area (Å²) in [5, 5.41) is 5.05. The molecule has 1 atom stereocenters. The van der Waals surface area contributed by atoms with Crippen molar-refractivity contribution in [1.29, 1.82) is 0 Å². The summed E-state index contributed by atoms with van der Waals surface area (Å²) in [6.07, 6.45) is 2.94. The third-order valence-electron chi connectivity index (χ3n) is 7.25. The zero-order valence-electron chi connectivity index (χ0n) is 24.1. The first-order chi connectivity index (χ1) is 18.5. The highest BCUT2D eigenvalue weighted by Gasteiger charge is 2.28. The number of rotatable bonds is 3. The summed E-state index contributed by atoms with van der Waals surface area (Å²) in [4.78, 5) is 45.0. The highest BCUT2D eigenvalue weighted by atomic mass is 35.5. The van der Waals surface area contributed by atoms with Crippen molar-refractivity contribution in [2.24, 2.45) is 0 Å². The molecule has 0 unspecified atom stereocenters. The average molecular weight is 560 g/mol. The Morgan fingerprint density at radius 2 is 1.74 bits per heavy atom. The zero-order chi connectivity index (χ0) is 28.7. The van der Waals surface area contributed by atoms with Crippen molar-refractivity contribution >= 4 is 29.3 Å². The lowest BCUT2D eigenvalue weighted by molar-refractivity contribution is -0.133. The number of fused-ring (bicyclic) bond motifs is 1. The Bertz CT molecular complexity index is 1160. The molecular formula is C29H42ClN5O4. The van der Waals surface area contributed by atoms with Crippen molar-refractivity contribution in [2.45, 2.75) is 71.9 Å². The maximum absolute atomic E-state index is 13.6. The van der Waals surface area contributed by atoms with Crippen LogP contribution in [0.25, 0.3) is 0 Å². The van der Waals surface area contributed by atoms with Crippen LogP contribution in [0.1, 0.15) is 85.8 Å². The van der Waals surface area contributed by atoms with Crippen LogP contribution in [-0.4, -0.2) is 88.6 Å². The summed E-state index contributed by atoms with van der Waals surface area (Å²) >= 11 is 6.20. The number of hydrogen-bond acceptors (Lipinski definition) is 5. The molecule has 0 spiro atoms. The second-order valence-corrected chi connectivity index (χ2v) is 10.9. The van der Waals surface area contributed by atoms with Crippen molar-refractivity contribution < 1.29 is 19.1 Å². The van der Waals surface area contributed by atoms with Gasteiger partial charge in [0.25, 0.3) is 11.8 Å². The van der Waals surface area contributed by atoms with E-state index in [0.717, 1.165) is 25.0 Å². The minimum absolute atomic E-state index is 0.0275. The molecule has 1 aromatic carbocycles. The predicted molar refractivity (Wildman–Crippen MR) is 153 cm³/mol. The van der Waals surface area contributed by atoms with Gasteiger partial charge < -0.3 is 19.4 Å². The molecule has 0 aliphatic carbocycles. The van der Waals surface area contributed by atoms with E-state index < -0.39 is 6.04 Å². The fraction of sp³-hybridized carbons (Fsp3) is 0.586. The standard InChI is InChI=1S/C29H42ClN5O4/c1-7-35-25(19-24(31-35)20(2)3)29(38)34-15-9-8-14-32(5)27(36)21(4)33(6)28(37)23-18-22(30)12-13-26(23)39-17-11-10-16-34/h12-13,18-21H,7-11,14-17H2,1-6H3/t21-/m0/s1. The highest BCUT2D eigenvalue weighted by molar-refractivity contribution is 6.31. The largest absolute Gasteiger partial charge is 0.493 e. The molecule has 2 aromatic rings. The second kappa shape index (κ2) is 13.8. The third kappa shape index (κ3) is 7.53. The van der Waals surface area contributed by atoms with Crippen LogP contribution in [-0.2, 0) is 11.3 Å². The molecule has 0 radical (unpaired) electrons. The zero-order valence-corrected chi connectivity index (χ0v) is 24.8. The van der Waals surface area contributed by atoms with Crippen LogP contribution in [0.3, 0.4) is 0 Å². The number of aromatic nitrogens is 2. The van der Waals surface area contributed by atoms with Gasteiger partial charge in [0.2, 0.25) is 5.91 Å². The lowest BCUT2D eigenvalue weighted by Crippen LogP contribution is -2.47. The molecule has 3 amide bonds. The molecule has 3 rings (SSSR count). The molecule has 1 aliphatic rings. The van der Waals surface area contributed by atoms with E-state index in [4.69, 9.17) is 16.3 Å². The number of carbonyl (C=O) groups excluding carboxylic acids is 3. The Hall–Kier alpha value is -3.07. The van der Waals surface area contributed by atoms with Crippen molar-refractivity contribution in [3.05, 3.63) is 46.2 Å². The fourth-order valence-electron chi connectivity index (χ4n) is 4.60. The van der Waals surface area contributed by atoms with Crippen LogP contribution < -0.4 is 4.74 Å². The molecule has 1 aromatic heterocycles. The van der Waals surface area contributed by atoms with Gasteiger partial charge in [0, 0.05) is 45.3 Å². The van der Waals surface area contributed by atoms with E-state index in [-0.39, 0.29) is 23.6 Å². The Balaban J connectivity index is 1.83. The molecule has 0 saturated carbocycles. The van der Waals surface area contributed by atoms with E-state index in [0.29, 0.717) is 61.2 Å². The Morgan fingerprint density at radius 3 is 2.41 bits per heavy atom. The number of aryl methyl sites for hydroxylation is 1. The van der Waals surface area contributed by atoms with Gasteiger partial charge in [-0.3, -0.25) is 19.1 Å². The minimum Gasteiger partial charge on any atom is -0.493 e. The van der Waals surface area contributed by atoms with Crippen LogP contribution in [0.4, 0.5) is 0 Å². The monoisotopic (exact) mass is 559 g/mol. The van der Waals surface area contributed by atoms with E-state index in [1.165, 1.54) is 4.90 Å². The van der Waals surface area contributed by atoms with Gasteiger partial charge in [0.1, 0.15) is 17.5 Å². The predicted octanol–water partition coefficient (Wildman–Crippen LogP) is 4.69. The summed E-state index contributed by atoms with van der Waals surface area (Å²) in [7, 11) is 3.36. The quantitative estimate of drug-likeness (QED) is 0.544. The summed E-state index contributed by atoms with van der Waals surface area (Å²) in [6, 6.07) is 6.19. The minimum atomic E-state index is -0.660. The lowest BCUT2D eigenvalue weighted by atomic mass is 10.1. The van der Waals surface area contributed by atoms with Gasteiger partial charge >= 0.3 is 0 Å². The molecule has 0 saturated heterocycles. The smallest absolute Gasteiger partial charge is 0.272 e. The SMILES string of the molecule is CCn1nc(C(C)C)cc1C(=O)N1CCCCOc2ccc(Cl)cc2C(=O)N(C)[C@@H](C)C(=O)N(C)CCCC1. The van der Waals surface area contributed by atoms with E-state index in [9.17, 15) is 14.4 Å². The Labute approximate surface area is 237 Å². The molecule has 10 heteroatoms. The van der Waals surface area contributed by atoms with Gasteiger partial charge in [-0.25, -0.2) is 0 Å². The second-order valence-electron chi connectivity index (χ2n) is 10.5. The van der Waals surface area contributed by atoms with Gasteiger partial charge in [0.15, 0.2) is 0 Å². The first-order valence-electron chi connectivity index (χ1n) is 13.9. The van der Waals surface area contributed by atoms with E-state index in [2.05, 4.69) is 18.9 Å². The topological polar surface area (TPSA) is 88.0 Å². The van der Waals surface area contributed by atoms with Gasteiger partial charge in [0.05, 0.1) is 17.9 Å². The van der Waals surface area contributed by atoms with Crippen LogP contribution in [0.15, 0.2) is 24.3 Å². The van der Waals surface area contributed by atoms with Crippen LogP contribution >= 0.6 is 11.6 Å². The number of halogens is 1. The molecule has 0 bridgehead atoms. The molecule has 0 N–H and O–H groups in total. The lowest BCUT2D eigenvalue weighted by Gasteiger charge is -2.29. The van der Waals surface area contributed by atoms with Gasteiger partial charge in [-0.1, -0.05) is 25.4 Å². The number of amides is 3. The number of nitrogens with zero attached hydrogens (tertiary/aromatic N) is 5. The number of hydrogen-bond donors (Lipinski definition) is 0. The molecule has 2 heterocycles. The first-order valence-corrected chi connectivity index (χ1v) is 14.2. The number of ether oxygens (including phenoxy) is 1. The molecule has 214 valence electrons. The summed E-state index contributed by atoms with van der Waals surface area (Å²) in [6.45, 7) is 10.6. The van der Waals surface area contributed by atoms with Crippen molar-refractivity contribution in [3.8, 4) is 5.75 Å². The number of benzene rings is 1. The van der Waals surface area contributed by atoms with Crippen molar-refractivity contribution in [3.63, 3.8) is 0 Å². The summed E-state index contributed by atoms with van der Waals surface area (Å²) in [5.41, 5.74) is 1.84. The van der Waals surface area contributed by atoms with Crippen molar-refractivity contribution in [1.82, 2.24) is 24.5 Å². The van der Waals surface area contributed by atoms with E-state index >= 15 is 0 Å². The molecule has 0 fully saturated rings. The Morgan fingerprint density at radius 1 is 1.08 bits per heavy atom. The number of likely N-dealkylation sites (N-methyl/N-ethyl adjacent to an activating group) is 2. The van der Waals surface area contributed by atoms with Crippen LogP contribution in [0.5, 0.6) is 5.75 Å². The van der Waals surface area contributed by atoms with Crippen LogP contribution in [0.2, 0.25) is 5.02 Å². The maximum atomic E-state index is 13.6. The van der Waals surface area contributed by atoms with E-state index in [1.54, 1.807) is 48.8 Å². The first kappa shape index (κ1) is 30.5. The highest BCUT2D eigenvalue weighted by Crippen LogP contribution is 2.25.